The minimum atomic E-state index is -1.01. The Labute approximate surface area is 115 Å². The van der Waals surface area contributed by atoms with Crippen molar-refractivity contribution in [1.29, 1.82) is 0 Å². The van der Waals surface area contributed by atoms with Crippen LogP contribution in [0.2, 0.25) is 0 Å². The number of rotatable bonds is 6. The van der Waals surface area contributed by atoms with Gasteiger partial charge < -0.3 is 26.4 Å². The third-order valence-corrected chi connectivity index (χ3v) is 3.00. The van der Waals surface area contributed by atoms with E-state index in [0.717, 1.165) is 4.90 Å². The predicted molar refractivity (Wildman–Crippen MR) is 67.3 cm³/mol. The maximum atomic E-state index is 12.3. The van der Waals surface area contributed by atoms with Gasteiger partial charge in [-0.2, -0.15) is 0 Å². The van der Waals surface area contributed by atoms with E-state index in [1.165, 1.54) is 4.90 Å². The molecule has 1 heterocycles. The van der Waals surface area contributed by atoms with Gasteiger partial charge in [0.05, 0.1) is 6.42 Å². The maximum absolute atomic E-state index is 12.3. The molecule has 0 aromatic heterocycles. The van der Waals surface area contributed by atoms with Gasteiger partial charge in [0.15, 0.2) is 0 Å². The van der Waals surface area contributed by atoms with Gasteiger partial charge in [-0.1, -0.05) is 0 Å². The number of carbonyl (C=O) groups is 4. The number of amides is 4. The lowest BCUT2D eigenvalue weighted by molar-refractivity contribution is -0.138. The van der Waals surface area contributed by atoms with Gasteiger partial charge in [-0.25, -0.2) is 4.79 Å². The lowest BCUT2D eigenvalue weighted by atomic mass is 10.1. The van der Waals surface area contributed by atoms with Crippen LogP contribution >= 0.6 is 0 Å². The Morgan fingerprint density at radius 2 is 1.70 bits per heavy atom. The SMILES string of the molecule is NC(=O)CN(CC(N)=O)C(=O)N1CCCC1CC(=O)O. The second kappa shape index (κ2) is 6.73. The summed E-state index contributed by atoms with van der Waals surface area (Å²) in [6, 6.07) is -1.03. The van der Waals surface area contributed by atoms with E-state index >= 15 is 0 Å². The number of nitrogens with two attached hydrogens (primary N) is 2. The predicted octanol–water partition coefficient (Wildman–Crippen LogP) is -1.68. The molecule has 0 bridgehead atoms. The Morgan fingerprint density at radius 1 is 1.15 bits per heavy atom. The molecule has 0 aliphatic carbocycles. The van der Waals surface area contributed by atoms with E-state index in [2.05, 4.69) is 0 Å². The molecule has 1 fully saturated rings. The van der Waals surface area contributed by atoms with Crippen LogP contribution in [0.3, 0.4) is 0 Å². The lowest BCUT2D eigenvalue weighted by Crippen LogP contribution is -2.51. The smallest absolute Gasteiger partial charge is 0.321 e. The zero-order valence-corrected chi connectivity index (χ0v) is 10.9. The molecule has 0 radical (unpaired) electrons. The van der Waals surface area contributed by atoms with Crippen molar-refractivity contribution in [2.45, 2.75) is 25.3 Å². The Bertz CT molecular complexity index is 409. The molecule has 1 saturated heterocycles. The van der Waals surface area contributed by atoms with Crippen molar-refractivity contribution in [3.63, 3.8) is 0 Å². The summed E-state index contributed by atoms with van der Waals surface area (Å²) >= 11 is 0. The highest BCUT2D eigenvalue weighted by Crippen LogP contribution is 2.21. The van der Waals surface area contributed by atoms with Gasteiger partial charge >= 0.3 is 12.0 Å². The van der Waals surface area contributed by atoms with Crippen LogP contribution in [0, 0.1) is 0 Å². The van der Waals surface area contributed by atoms with Gasteiger partial charge in [-0.15, -0.1) is 0 Å². The number of aliphatic carboxylic acids is 1. The molecule has 9 heteroatoms. The van der Waals surface area contributed by atoms with E-state index in [9.17, 15) is 19.2 Å². The van der Waals surface area contributed by atoms with Gasteiger partial charge in [0.25, 0.3) is 0 Å². The number of urea groups is 1. The van der Waals surface area contributed by atoms with Crippen LogP contribution in [0.1, 0.15) is 19.3 Å². The molecule has 0 aromatic rings. The number of carboxylic acids is 1. The Hall–Kier alpha value is -2.32. The van der Waals surface area contributed by atoms with Crippen molar-refractivity contribution in [1.82, 2.24) is 9.80 Å². The average Bonchev–Trinajstić information content (AvgIpc) is 2.73. The topological polar surface area (TPSA) is 147 Å². The van der Waals surface area contributed by atoms with Gasteiger partial charge in [-0.05, 0) is 12.8 Å². The summed E-state index contributed by atoms with van der Waals surface area (Å²) in [5, 5.41) is 8.80. The monoisotopic (exact) mass is 286 g/mol. The third kappa shape index (κ3) is 4.41. The van der Waals surface area contributed by atoms with E-state index in [1.807, 2.05) is 0 Å². The van der Waals surface area contributed by atoms with Crippen LogP contribution in [0.4, 0.5) is 4.79 Å². The van der Waals surface area contributed by atoms with E-state index in [4.69, 9.17) is 16.6 Å². The second-order valence-corrected chi connectivity index (χ2v) is 4.66. The molecule has 1 rings (SSSR count). The largest absolute Gasteiger partial charge is 0.481 e. The molecule has 1 aliphatic heterocycles. The number of hydrogen-bond acceptors (Lipinski definition) is 4. The van der Waals surface area contributed by atoms with Crippen molar-refractivity contribution < 1.29 is 24.3 Å². The number of carboxylic acid groups (broad SMARTS) is 1. The Kier molecular flexibility index (Phi) is 5.30. The van der Waals surface area contributed by atoms with Crippen molar-refractivity contribution in [2.75, 3.05) is 19.6 Å². The van der Waals surface area contributed by atoms with Gasteiger partial charge in [0.1, 0.15) is 13.1 Å². The van der Waals surface area contributed by atoms with Crippen LogP contribution in [0.25, 0.3) is 0 Å². The lowest BCUT2D eigenvalue weighted by Gasteiger charge is -2.30. The summed E-state index contributed by atoms with van der Waals surface area (Å²) in [6.45, 7) is -0.485. The van der Waals surface area contributed by atoms with Crippen LogP contribution < -0.4 is 11.5 Å². The average molecular weight is 286 g/mol. The molecular formula is C11H18N4O5. The molecule has 0 saturated carbocycles. The van der Waals surface area contributed by atoms with Crippen molar-refractivity contribution in [3.8, 4) is 0 Å². The molecule has 112 valence electrons. The molecule has 5 N–H and O–H groups in total. The minimum Gasteiger partial charge on any atom is -0.481 e. The summed E-state index contributed by atoms with van der Waals surface area (Å²) < 4.78 is 0. The fourth-order valence-electron chi connectivity index (χ4n) is 2.25. The van der Waals surface area contributed by atoms with Crippen LogP contribution in [0.15, 0.2) is 0 Å². The summed E-state index contributed by atoms with van der Waals surface area (Å²) in [5.41, 5.74) is 10.0. The first-order chi connectivity index (χ1) is 9.31. The minimum absolute atomic E-state index is 0.174. The van der Waals surface area contributed by atoms with E-state index < -0.39 is 42.9 Å². The van der Waals surface area contributed by atoms with E-state index in [-0.39, 0.29) is 6.42 Å². The Balaban J connectivity index is 2.78. The molecule has 0 aromatic carbocycles. The fraction of sp³-hybridized carbons (Fsp3) is 0.636. The molecule has 9 nitrogen and oxygen atoms in total. The highest BCUT2D eigenvalue weighted by Gasteiger charge is 2.33. The first-order valence-electron chi connectivity index (χ1n) is 6.15. The van der Waals surface area contributed by atoms with Gasteiger partial charge in [-0.3, -0.25) is 14.4 Å². The van der Waals surface area contributed by atoms with Crippen molar-refractivity contribution in [3.05, 3.63) is 0 Å². The van der Waals surface area contributed by atoms with Gasteiger partial charge in [0, 0.05) is 12.6 Å². The summed E-state index contributed by atoms with van der Waals surface area (Å²) in [4.78, 5) is 47.2. The number of primary amides is 2. The maximum Gasteiger partial charge on any atom is 0.321 e. The number of likely N-dealkylation sites (tertiary alicyclic amines) is 1. The molecule has 20 heavy (non-hydrogen) atoms. The first-order valence-corrected chi connectivity index (χ1v) is 6.15. The normalized spacial score (nSPS) is 17.8. The number of nitrogens with zero attached hydrogens (tertiary/aromatic N) is 2. The molecule has 4 amide bonds. The quantitative estimate of drug-likeness (QED) is 0.533. The number of hydrogen-bond donors (Lipinski definition) is 3. The van der Waals surface area contributed by atoms with E-state index in [1.54, 1.807) is 0 Å². The molecule has 1 unspecified atom stereocenters. The molecule has 1 aliphatic rings. The molecule has 0 spiro atoms. The third-order valence-electron chi connectivity index (χ3n) is 3.00. The molecular weight excluding hydrogens is 268 g/mol. The highest BCUT2D eigenvalue weighted by molar-refractivity contribution is 5.87. The zero-order chi connectivity index (χ0) is 15.3. The van der Waals surface area contributed by atoms with Crippen LogP contribution in [0.5, 0.6) is 0 Å². The van der Waals surface area contributed by atoms with Crippen LogP contribution in [-0.2, 0) is 14.4 Å². The summed E-state index contributed by atoms with van der Waals surface area (Å²) in [7, 11) is 0. The van der Waals surface area contributed by atoms with E-state index in [0.29, 0.717) is 19.4 Å². The van der Waals surface area contributed by atoms with Gasteiger partial charge in [0.2, 0.25) is 11.8 Å². The molecule has 1 atom stereocenters. The number of carbonyl (C=O) groups excluding carboxylic acids is 3. The fourth-order valence-corrected chi connectivity index (χ4v) is 2.25. The van der Waals surface area contributed by atoms with Crippen LogP contribution in [-0.4, -0.2) is 64.4 Å². The zero-order valence-electron chi connectivity index (χ0n) is 10.9. The second-order valence-electron chi connectivity index (χ2n) is 4.66. The van der Waals surface area contributed by atoms with Crippen molar-refractivity contribution >= 4 is 23.8 Å². The highest BCUT2D eigenvalue weighted by atomic mass is 16.4. The summed E-state index contributed by atoms with van der Waals surface area (Å²) in [6.07, 6.45) is 1.07. The summed E-state index contributed by atoms with van der Waals surface area (Å²) in [5.74, 6) is -2.55. The standard InChI is InChI=1S/C11H18N4O5/c12-8(16)5-14(6-9(13)17)11(20)15-3-1-2-7(15)4-10(18)19/h7H,1-6H2,(H2,12,16)(H2,13,17)(H,18,19). The Morgan fingerprint density at radius 3 is 2.15 bits per heavy atom. The van der Waals surface area contributed by atoms with Crippen molar-refractivity contribution in [2.24, 2.45) is 11.5 Å². The first kappa shape index (κ1) is 15.7.